The van der Waals surface area contributed by atoms with E-state index in [2.05, 4.69) is 0 Å². The quantitative estimate of drug-likeness (QED) is 0.302. The average molecular weight is 471 g/mol. The van der Waals surface area contributed by atoms with Crippen LogP contribution in [0.5, 0.6) is 0 Å². The summed E-state index contributed by atoms with van der Waals surface area (Å²) in [7, 11) is 0. The van der Waals surface area contributed by atoms with Crippen LogP contribution in [0.4, 0.5) is 0 Å². The van der Waals surface area contributed by atoms with Crippen molar-refractivity contribution in [2.75, 3.05) is 19.8 Å². The highest BCUT2D eigenvalue weighted by Gasteiger charge is 2.65. The summed E-state index contributed by atoms with van der Waals surface area (Å²) in [5, 5.41) is -0.263. The van der Waals surface area contributed by atoms with E-state index in [1.165, 1.54) is 0 Å². The number of ether oxygens (including phenoxy) is 3. The van der Waals surface area contributed by atoms with Gasteiger partial charge in [-0.05, 0) is 56.9 Å². The predicted molar refractivity (Wildman–Crippen MR) is 126 cm³/mol. The van der Waals surface area contributed by atoms with Crippen LogP contribution in [0.25, 0.3) is 0 Å². The lowest BCUT2D eigenvalue weighted by atomic mass is 9.65. The van der Waals surface area contributed by atoms with Gasteiger partial charge in [0.05, 0.1) is 19.8 Å². The molecule has 1 aliphatic carbocycles. The molecule has 6 nitrogen and oxygen atoms in total. The molecule has 0 fully saturated rings. The molecule has 0 saturated heterocycles. The third-order valence-electron chi connectivity index (χ3n) is 5.75. The van der Waals surface area contributed by atoms with Gasteiger partial charge in [-0.1, -0.05) is 42.5 Å². The highest BCUT2D eigenvalue weighted by atomic mass is 32.2. The normalized spacial score (nSPS) is 17.5. The minimum atomic E-state index is -2.26. The van der Waals surface area contributed by atoms with Gasteiger partial charge < -0.3 is 14.2 Å². The number of fused-ring (bicyclic) bond motifs is 1. The van der Waals surface area contributed by atoms with Crippen LogP contribution in [0.1, 0.15) is 44.2 Å². The van der Waals surface area contributed by atoms with Crippen LogP contribution in [0.3, 0.4) is 0 Å². The van der Waals surface area contributed by atoms with Crippen molar-refractivity contribution in [3.63, 3.8) is 0 Å². The van der Waals surface area contributed by atoms with E-state index in [-0.39, 0.29) is 25.1 Å². The van der Waals surface area contributed by atoms with Crippen molar-refractivity contribution in [2.24, 2.45) is 5.41 Å². The molecule has 1 aliphatic rings. The minimum absolute atomic E-state index is 0.0181. The lowest BCUT2D eigenvalue weighted by molar-refractivity contribution is -0.186. The zero-order chi connectivity index (χ0) is 23.8. The van der Waals surface area contributed by atoms with Crippen molar-refractivity contribution in [2.45, 2.75) is 49.7 Å². The largest absolute Gasteiger partial charge is 0.465 e. The molecule has 0 aliphatic heterocycles. The molecule has 0 N–H and O–H groups in total. The van der Waals surface area contributed by atoms with Crippen molar-refractivity contribution in [3.05, 3.63) is 65.7 Å². The van der Waals surface area contributed by atoms with E-state index in [0.29, 0.717) is 6.42 Å². The molecule has 0 radical (unpaired) electrons. The lowest BCUT2D eigenvalue weighted by Gasteiger charge is -2.42. The standard InChI is InChI=1S/C26H30O6S/c1-4-30-23(27)26(24(28)31-5-2,25(29)32-6-3)22-20-15-11-10-12-18(20)16-17-21(22)33-19-13-8-7-9-14-19/h7-15,21-22H,4-6,16-17H2,1-3H3/t21-,22?/m0/s1. The van der Waals surface area contributed by atoms with Crippen LogP contribution in [0.15, 0.2) is 59.5 Å². The van der Waals surface area contributed by atoms with E-state index in [4.69, 9.17) is 14.2 Å². The predicted octanol–water partition coefficient (Wildman–Crippen LogP) is 4.55. The van der Waals surface area contributed by atoms with Crippen LogP contribution in [0.2, 0.25) is 0 Å². The molecule has 0 spiro atoms. The molecule has 2 aromatic rings. The van der Waals surface area contributed by atoms with Crippen molar-refractivity contribution >= 4 is 29.7 Å². The first-order valence-corrected chi connectivity index (χ1v) is 12.2. The molecule has 176 valence electrons. The number of benzene rings is 2. The van der Waals surface area contributed by atoms with Gasteiger partial charge >= 0.3 is 17.9 Å². The zero-order valence-electron chi connectivity index (χ0n) is 19.2. The maximum Gasteiger partial charge on any atom is 0.335 e. The second-order valence-electron chi connectivity index (χ2n) is 7.65. The SMILES string of the molecule is CCOC(=O)C(C(=O)OCC)(C(=O)OCC)C1c2ccccc2CC[C@@H]1Sc1ccccc1. The molecular formula is C26H30O6S. The molecule has 1 unspecified atom stereocenters. The number of hydrogen-bond donors (Lipinski definition) is 0. The van der Waals surface area contributed by atoms with Crippen LogP contribution in [-0.4, -0.2) is 43.0 Å². The van der Waals surface area contributed by atoms with Crippen LogP contribution in [0, 0.1) is 5.41 Å². The molecule has 0 amide bonds. The molecule has 0 heterocycles. The zero-order valence-corrected chi connectivity index (χ0v) is 20.1. The van der Waals surface area contributed by atoms with Gasteiger partial charge in [0.25, 0.3) is 5.41 Å². The van der Waals surface area contributed by atoms with Crippen molar-refractivity contribution in [1.29, 1.82) is 0 Å². The Morgan fingerprint density at radius 3 is 1.88 bits per heavy atom. The van der Waals surface area contributed by atoms with Crippen LogP contribution >= 0.6 is 11.8 Å². The third-order valence-corrected chi connectivity index (χ3v) is 7.10. The molecule has 0 aromatic heterocycles. The maximum atomic E-state index is 13.6. The molecule has 3 rings (SSSR count). The fraction of sp³-hybridized carbons (Fsp3) is 0.423. The Labute approximate surface area is 199 Å². The summed E-state index contributed by atoms with van der Waals surface area (Å²) in [6, 6.07) is 17.4. The summed E-state index contributed by atoms with van der Waals surface area (Å²) in [6.07, 6.45) is 1.43. The summed E-state index contributed by atoms with van der Waals surface area (Å²) in [6.45, 7) is 4.98. The summed E-state index contributed by atoms with van der Waals surface area (Å²) in [4.78, 5) is 41.7. The number of carbonyl (C=O) groups excluding carboxylic acids is 3. The van der Waals surface area contributed by atoms with E-state index in [9.17, 15) is 14.4 Å². The number of hydrogen-bond acceptors (Lipinski definition) is 7. The molecule has 2 atom stereocenters. The molecule has 33 heavy (non-hydrogen) atoms. The summed E-state index contributed by atoms with van der Waals surface area (Å²) in [5.41, 5.74) is -0.494. The molecule has 0 bridgehead atoms. The fourth-order valence-electron chi connectivity index (χ4n) is 4.41. The van der Waals surface area contributed by atoms with Gasteiger partial charge in [0.1, 0.15) is 0 Å². The van der Waals surface area contributed by atoms with Gasteiger partial charge in [0.2, 0.25) is 0 Å². The second-order valence-corrected chi connectivity index (χ2v) is 8.97. The number of aryl methyl sites for hydroxylation is 1. The Kier molecular flexibility index (Phi) is 8.55. The Morgan fingerprint density at radius 1 is 0.818 bits per heavy atom. The van der Waals surface area contributed by atoms with E-state index < -0.39 is 29.2 Å². The van der Waals surface area contributed by atoms with Gasteiger partial charge in [-0.2, -0.15) is 0 Å². The van der Waals surface area contributed by atoms with Gasteiger partial charge in [-0.3, -0.25) is 14.4 Å². The first-order valence-electron chi connectivity index (χ1n) is 11.3. The summed E-state index contributed by atoms with van der Waals surface area (Å²) in [5.74, 6) is -3.60. The number of carbonyl (C=O) groups is 3. The smallest absolute Gasteiger partial charge is 0.335 e. The molecular weight excluding hydrogens is 440 g/mol. The van der Waals surface area contributed by atoms with Gasteiger partial charge in [-0.15, -0.1) is 11.8 Å². The minimum Gasteiger partial charge on any atom is -0.465 e. The fourth-order valence-corrected chi connectivity index (χ4v) is 5.79. The highest BCUT2D eigenvalue weighted by molar-refractivity contribution is 8.00. The summed E-state index contributed by atoms with van der Waals surface area (Å²) >= 11 is 1.55. The molecule has 2 aromatic carbocycles. The van der Waals surface area contributed by atoms with Crippen molar-refractivity contribution in [3.8, 4) is 0 Å². The number of esters is 3. The Bertz CT molecular complexity index is 928. The topological polar surface area (TPSA) is 78.9 Å². The first-order chi connectivity index (χ1) is 16.0. The van der Waals surface area contributed by atoms with Gasteiger partial charge in [0.15, 0.2) is 0 Å². The number of rotatable bonds is 9. The van der Waals surface area contributed by atoms with E-state index >= 15 is 0 Å². The molecule has 7 heteroatoms. The number of thioether (sulfide) groups is 1. The average Bonchev–Trinajstić information content (AvgIpc) is 2.82. The van der Waals surface area contributed by atoms with E-state index in [1.54, 1.807) is 32.5 Å². The first kappa shape index (κ1) is 24.8. The van der Waals surface area contributed by atoms with E-state index in [0.717, 1.165) is 22.4 Å². The Balaban J connectivity index is 2.25. The third kappa shape index (κ3) is 4.93. The van der Waals surface area contributed by atoms with Crippen LogP contribution < -0.4 is 0 Å². The van der Waals surface area contributed by atoms with Crippen molar-refractivity contribution in [1.82, 2.24) is 0 Å². The van der Waals surface area contributed by atoms with E-state index in [1.807, 2.05) is 54.6 Å². The van der Waals surface area contributed by atoms with Crippen LogP contribution in [-0.2, 0) is 35.0 Å². The maximum absolute atomic E-state index is 13.6. The van der Waals surface area contributed by atoms with Gasteiger partial charge in [0, 0.05) is 16.1 Å². The Hall–Kier alpha value is -2.80. The van der Waals surface area contributed by atoms with Gasteiger partial charge in [-0.25, -0.2) is 0 Å². The monoisotopic (exact) mass is 470 g/mol. The lowest BCUT2D eigenvalue weighted by Crippen LogP contribution is -2.56. The molecule has 0 saturated carbocycles. The summed E-state index contributed by atoms with van der Waals surface area (Å²) < 4.78 is 16.1. The van der Waals surface area contributed by atoms with Crippen molar-refractivity contribution < 1.29 is 28.6 Å². The Morgan fingerprint density at radius 2 is 1.33 bits per heavy atom. The highest BCUT2D eigenvalue weighted by Crippen LogP contribution is 2.52. The second kappa shape index (κ2) is 11.4.